The third-order valence-electron chi connectivity index (χ3n) is 4.43. The summed E-state index contributed by atoms with van der Waals surface area (Å²) < 4.78 is 14.5. The van der Waals surface area contributed by atoms with Gasteiger partial charge in [0.05, 0.1) is 39.0 Å². The highest BCUT2D eigenvalue weighted by Gasteiger charge is 2.44. The summed E-state index contributed by atoms with van der Waals surface area (Å²) in [6.07, 6.45) is -0.287. The molecule has 0 bridgehead atoms. The fraction of sp³-hybridized carbons (Fsp3) is 0.368. The van der Waals surface area contributed by atoms with Crippen LogP contribution in [-0.4, -0.2) is 44.9 Å². The molecule has 28 heavy (non-hydrogen) atoms. The smallest absolute Gasteiger partial charge is 0.336 e. The number of rotatable bonds is 5. The Labute approximate surface area is 172 Å². The zero-order chi connectivity index (χ0) is 21.0. The number of carbonyl (C=O) groups is 3. The molecule has 1 aliphatic rings. The molecule has 0 amide bonds. The number of methoxy groups -OCH3 is 3. The molecule has 7 nitrogen and oxygen atoms in total. The van der Waals surface area contributed by atoms with Gasteiger partial charge in [0.2, 0.25) is 0 Å². The highest BCUT2D eigenvalue weighted by atomic mass is 35.5. The van der Waals surface area contributed by atoms with Gasteiger partial charge in [-0.2, -0.15) is 0 Å². The monoisotopic (exact) mass is 427 g/mol. The van der Waals surface area contributed by atoms with Crippen LogP contribution in [0, 0.1) is 5.92 Å². The van der Waals surface area contributed by atoms with E-state index in [1.807, 2.05) is 0 Å². The van der Waals surface area contributed by atoms with Gasteiger partial charge in [-0.3, -0.25) is 14.6 Å². The van der Waals surface area contributed by atoms with Crippen molar-refractivity contribution in [3.05, 3.63) is 45.1 Å². The Balaban J connectivity index is 2.83. The summed E-state index contributed by atoms with van der Waals surface area (Å²) in [5.74, 6) is -3.91. The topological polar surface area (TPSA) is 91.3 Å². The molecule has 2 rings (SSSR count). The van der Waals surface area contributed by atoms with Crippen molar-refractivity contribution < 1.29 is 28.6 Å². The summed E-state index contributed by atoms with van der Waals surface area (Å²) in [6.45, 7) is 1.60. The van der Waals surface area contributed by atoms with Crippen LogP contribution in [0.2, 0.25) is 10.0 Å². The summed E-state index contributed by atoms with van der Waals surface area (Å²) in [4.78, 5) is 41.4. The second-order valence-corrected chi connectivity index (χ2v) is 6.79. The highest BCUT2D eigenvalue weighted by Crippen LogP contribution is 2.45. The second-order valence-electron chi connectivity index (χ2n) is 5.97. The predicted octanol–water partition coefficient (Wildman–Crippen LogP) is 3.33. The molecule has 2 unspecified atom stereocenters. The van der Waals surface area contributed by atoms with Crippen molar-refractivity contribution in [2.45, 2.75) is 19.3 Å². The van der Waals surface area contributed by atoms with Crippen LogP contribution in [0.15, 0.2) is 34.5 Å². The van der Waals surface area contributed by atoms with Crippen LogP contribution in [0.25, 0.3) is 0 Å². The number of nitrogens with zero attached hydrogens (tertiary/aromatic N) is 1. The molecule has 9 heteroatoms. The van der Waals surface area contributed by atoms with E-state index < -0.39 is 29.7 Å². The van der Waals surface area contributed by atoms with Crippen LogP contribution < -0.4 is 0 Å². The molecule has 2 atom stereocenters. The van der Waals surface area contributed by atoms with Gasteiger partial charge in [0.25, 0.3) is 0 Å². The molecule has 0 N–H and O–H groups in total. The van der Waals surface area contributed by atoms with E-state index in [9.17, 15) is 14.4 Å². The molecule has 0 saturated carbocycles. The lowest BCUT2D eigenvalue weighted by Gasteiger charge is -2.32. The highest BCUT2D eigenvalue weighted by molar-refractivity contribution is 6.36. The fourth-order valence-corrected chi connectivity index (χ4v) is 3.81. The Morgan fingerprint density at radius 2 is 1.64 bits per heavy atom. The van der Waals surface area contributed by atoms with Crippen molar-refractivity contribution in [1.82, 2.24) is 0 Å². The molecule has 0 aliphatic carbocycles. The van der Waals surface area contributed by atoms with Crippen LogP contribution in [0.3, 0.4) is 0 Å². The molecular weight excluding hydrogens is 409 g/mol. The molecule has 0 saturated heterocycles. The maximum atomic E-state index is 12.7. The number of hydrogen-bond acceptors (Lipinski definition) is 7. The average Bonchev–Trinajstić information content (AvgIpc) is 2.66. The predicted molar refractivity (Wildman–Crippen MR) is 103 cm³/mol. The van der Waals surface area contributed by atoms with E-state index in [1.165, 1.54) is 21.3 Å². The van der Waals surface area contributed by atoms with E-state index in [-0.39, 0.29) is 27.7 Å². The molecule has 0 fully saturated rings. The molecule has 0 radical (unpaired) electrons. The van der Waals surface area contributed by atoms with E-state index in [1.54, 1.807) is 25.1 Å². The standard InChI is InChI=1S/C19H19Cl2NO6/c1-9-14(18(24)27-3)17(15-10(20)6-5-7-11(15)21)16(19(25)28-4)12(22-9)8-13(23)26-2/h5-7,14,17H,8H2,1-4H3. The van der Waals surface area contributed by atoms with Gasteiger partial charge >= 0.3 is 17.9 Å². The van der Waals surface area contributed by atoms with Crippen molar-refractivity contribution in [2.75, 3.05) is 21.3 Å². The first-order valence-corrected chi connectivity index (χ1v) is 8.97. The van der Waals surface area contributed by atoms with Crippen LogP contribution >= 0.6 is 23.2 Å². The third-order valence-corrected chi connectivity index (χ3v) is 5.09. The van der Waals surface area contributed by atoms with Crippen LogP contribution in [0.5, 0.6) is 0 Å². The van der Waals surface area contributed by atoms with Gasteiger partial charge in [0.15, 0.2) is 0 Å². The number of ether oxygens (including phenoxy) is 3. The molecule has 1 aromatic rings. The minimum absolute atomic E-state index is 0.00361. The average molecular weight is 428 g/mol. The number of hydrogen-bond donors (Lipinski definition) is 0. The van der Waals surface area contributed by atoms with Crippen LogP contribution in [-0.2, 0) is 28.6 Å². The first kappa shape index (κ1) is 21.9. The number of aliphatic imine (C=N–C) groups is 1. The lowest BCUT2D eigenvalue weighted by atomic mass is 9.75. The summed E-state index contributed by atoms with van der Waals surface area (Å²) >= 11 is 12.7. The van der Waals surface area contributed by atoms with Crippen molar-refractivity contribution >= 4 is 46.8 Å². The van der Waals surface area contributed by atoms with E-state index in [0.29, 0.717) is 11.3 Å². The molecule has 150 valence electrons. The Kier molecular flexibility index (Phi) is 7.21. The second kappa shape index (κ2) is 9.21. The molecule has 1 aromatic carbocycles. The first-order valence-electron chi connectivity index (χ1n) is 8.21. The van der Waals surface area contributed by atoms with Gasteiger partial charge in [-0.25, -0.2) is 4.79 Å². The summed E-state index contributed by atoms with van der Waals surface area (Å²) in [5, 5.41) is 0.500. The van der Waals surface area contributed by atoms with Crippen LogP contribution in [0.4, 0.5) is 0 Å². The zero-order valence-electron chi connectivity index (χ0n) is 15.7. The van der Waals surface area contributed by atoms with E-state index >= 15 is 0 Å². The van der Waals surface area contributed by atoms with Crippen molar-refractivity contribution in [3.63, 3.8) is 0 Å². The molecule has 0 spiro atoms. The van der Waals surface area contributed by atoms with Gasteiger partial charge in [-0.1, -0.05) is 29.3 Å². The van der Waals surface area contributed by atoms with Crippen LogP contribution in [0.1, 0.15) is 24.8 Å². The lowest BCUT2D eigenvalue weighted by molar-refractivity contribution is -0.143. The van der Waals surface area contributed by atoms with E-state index in [2.05, 4.69) is 4.99 Å². The van der Waals surface area contributed by atoms with Gasteiger partial charge < -0.3 is 14.2 Å². The van der Waals surface area contributed by atoms with Crippen molar-refractivity contribution in [2.24, 2.45) is 10.9 Å². The summed E-state index contributed by atoms with van der Waals surface area (Å²) in [5.41, 5.74) is 0.818. The van der Waals surface area contributed by atoms with Crippen molar-refractivity contribution in [3.8, 4) is 0 Å². The molecule has 1 heterocycles. The maximum Gasteiger partial charge on any atom is 0.336 e. The zero-order valence-corrected chi connectivity index (χ0v) is 17.3. The van der Waals surface area contributed by atoms with Gasteiger partial charge in [0, 0.05) is 21.7 Å². The minimum Gasteiger partial charge on any atom is -0.469 e. The molecule has 0 aromatic heterocycles. The number of carbonyl (C=O) groups excluding carboxylic acids is 3. The van der Waals surface area contributed by atoms with Gasteiger partial charge in [-0.05, 0) is 24.6 Å². The SMILES string of the molecule is COC(=O)CC1=C(C(=O)OC)C(c2c(Cl)cccc2Cl)C(C(=O)OC)C(C)=N1. The lowest BCUT2D eigenvalue weighted by Crippen LogP contribution is -2.36. The normalized spacial score (nSPS) is 19.0. The van der Waals surface area contributed by atoms with Gasteiger partial charge in [-0.15, -0.1) is 0 Å². The Hall–Kier alpha value is -2.38. The third kappa shape index (κ3) is 4.20. The number of halogens is 2. The molecule has 1 aliphatic heterocycles. The first-order chi connectivity index (χ1) is 13.3. The minimum atomic E-state index is -0.974. The molecular formula is C19H19Cl2NO6. The number of esters is 3. The van der Waals surface area contributed by atoms with Gasteiger partial charge in [0.1, 0.15) is 5.92 Å². The summed E-state index contributed by atoms with van der Waals surface area (Å²) in [7, 11) is 3.64. The Morgan fingerprint density at radius 3 is 2.14 bits per heavy atom. The Bertz CT molecular complexity index is 857. The summed E-state index contributed by atoms with van der Waals surface area (Å²) in [6, 6.07) is 4.82. The maximum absolute atomic E-state index is 12.7. The van der Waals surface area contributed by atoms with E-state index in [4.69, 9.17) is 37.4 Å². The largest absolute Gasteiger partial charge is 0.469 e. The quantitative estimate of drug-likeness (QED) is 0.528. The van der Waals surface area contributed by atoms with Crippen molar-refractivity contribution in [1.29, 1.82) is 0 Å². The fourth-order valence-electron chi connectivity index (χ4n) is 3.18. The number of benzene rings is 1. The van der Waals surface area contributed by atoms with E-state index in [0.717, 1.165) is 0 Å². The Morgan fingerprint density at radius 1 is 1.04 bits per heavy atom.